The Kier molecular flexibility index (Phi) is 6.52. The monoisotopic (exact) mass is 338 g/mol. The topological polar surface area (TPSA) is 52.6 Å². The van der Waals surface area contributed by atoms with Gasteiger partial charge in [-0.15, -0.1) is 0 Å². The Labute approximate surface area is 148 Å². The van der Waals surface area contributed by atoms with E-state index in [0.717, 1.165) is 23.3 Å². The molecule has 1 unspecified atom stereocenters. The Morgan fingerprint density at radius 1 is 1.04 bits per heavy atom. The Hall–Kier alpha value is -2.88. The molecule has 0 saturated carbocycles. The third-order valence-electron chi connectivity index (χ3n) is 3.84. The van der Waals surface area contributed by atoms with E-state index < -0.39 is 12.1 Å². The van der Waals surface area contributed by atoms with Crippen LogP contribution < -0.4 is 4.74 Å². The van der Waals surface area contributed by atoms with Crippen LogP contribution in [-0.4, -0.2) is 25.0 Å². The van der Waals surface area contributed by atoms with Crippen LogP contribution >= 0.6 is 0 Å². The van der Waals surface area contributed by atoms with Crippen molar-refractivity contribution in [3.63, 3.8) is 0 Å². The Morgan fingerprint density at radius 2 is 1.68 bits per heavy atom. The third-order valence-corrected chi connectivity index (χ3v) is 3.84. The van der Waals surface area contributed by atoms with Gasteiger partial charge in [0.2, 0.25) is 5.78 Å². The molecule has 0 aliphatic heterocycles. The van der Waals surface area contributed by atoms with Crippen molar-refractivity contribution in [2.75, 3.05) is 7.11 Å². The van der Waals surface area contributed by atoms with Crippen LogP contribution in [0, 0.1) is 0 Å². The number of hydrogen-bond donors (Lipinski definition) is 0. The normalized spacial score (nSPS) is 12.0. The maximum absolute atomic E-state index is 12.3. The van der Waals surface area contributed by atoms with E-state index in [4.69, 9.17) is 9.47 Å². The first kappa shape index (κ1) is 18.5. The Morgan fingerprint density at radius 3 is 2.24 bits per heavy atom. The van der Waals surface area contributed by atoms with Crippen molar-refractivity contribution in [1.29, 1.82) is 0 Å². The molecule has 0 saturated heterocycles. The van der Waals surface area contributed by atoms with Crippen LogP contribution in [0.4, 0.5) is 0 Å². The second-order valence-electron chi connectivity index (χ2n) is 5.60. The number of hydrogen-bond acceptors (Lipinski definition) is 4. The minimum atomic E-state index is -0.833. The van der Waals surface area contributed by atoms with Gasteiger partial charge >= 0.3 is 5.97 Å². The van der Waals surface area contributed by atoms with Crippen molar-refractivity contribution in [2.45, 2.75) is 26.4 Å². The zero-order valence-corrected chi connectivity index (χ0v) is 14.7. The second-order valence-corrected chi connectivity index (χ2v) is 5.60. The summed E-state index contributed by atoms with van der Waals surface area (Å²) in [6, 6.07) is 14.6. The Bertz CT molecular complexity index is 742. The second kappa shape index (κ2) is 8.83. The molecular formula is C21H22O4. The van der Waals surface area contributed by atoms with Gasteiger partial charge in [0.15, 0.2) is 6.10 Å². The smallest absolute Gasteiger partial charge is 0.331 e. The molecule has 0 radical (unpaired) electrons. The highest BCUT2D eigenvalue weighted by Crippen LogP contribution is 2.13. The molecule has 0 amide bonds. The van der Waals surface area contributed by atoms with Crippen LogP contribution in [0.2, 0.25) is 0 Å². The zero-order chi connectivity index (χ0) is 18.2. The number of methoxy groups -OCH3 is 1. The van der Waals surface area contributed by atoms with Crippen molar-refractivity contribution in [3.8, 4) is 5.75 Å². The summed E-state index contributed by atoms with van der Waals surface area (Å²) in [5, 5.41) is 0. The first-order chi connectivity index (χ1) is 12.0. The number of benzene rings is 2. The van der Waals surface area contributed by atoms with E-state index in [2.05, 4.69) is 6.92 Å². The van der Waals surface area contributed by atoms with Crippen molar-refractivity contribution in [2.24, 2.45) is 0 Å². The van der Waals surface area contributed by atoms with E-state index in [9.17, 15) is 9.59 Å². The molecule has 4 nitrogen and oxygen atoms in total. The van der Waals surface area contributed by atoms with E-state index in [1.165, 1.54) is 6.08 Å². The fourth-order valence-electron chi connectivity index (χ4n) is 2.29. The molecule has 2 aromatic carbocycles. The third kappa shape index (κ3) is 5.31. The summed E-state index contributed by atoms with van der Waals surface area (Å²) in [6.45, 7) is 3.63. The molecule has 4 heteroatoms. The molecular weight excluding hydrogens is 316 g/mol. The van der Waals surface area contributed by atoms with Gasteiger partial charge < -0.3 is 9.47 Å². The highest BCUT2D eigenvalue weighted by Gasteiger charge is 2.18. The fourth-order valence-corrected chi connectivity index (χ4v) is 2.29. The van der Waals surface area contributed by atoms with E-state index in [0.29, 0.717) is 5.56 Å². The average Bonchev–Trinajstić information content (AvgIpc) is 2.66. The first-order valence-corrected chi connectivity index (χ1v) is 8.19. The summed E-state index contributed by atoms with van der Waals surface area (Å²) in [4.78, 5) is 24.2. The number of rotatable bonds is 7. The van der Waals surface area contributed by atoms with E-state index in [1.807, 2.05) is 24.3 Å². The van der Waals surface area contributed by atoms with Crippen molar-refractivity contribution >= 4 is 17.8 Å². The molecule has 2 rings (SSSR count). The summed E-state index contributed by atoms with van der Waals surface area (Å²) in [5.41, 5.74) is 2.53. The van der Waals surface area contributed by atoms with Gasteiger partial charge in [-0.05, 0) is 42.7 Å². The van der Waals surface area contributed by atoms with Crippen LogP contribution in [-0.2, 0) is 16.0 Å². The summed E-state index contributed by atoms with van der Waals surface area (Å²) >= 11 is 0. The van der Waals surface area contributed by atoms with Gasteiger partial charge in [-0.1, -0.05) is 43.3 Å². The average molecular weight is 338 g/mol. The number of Topliss-reactive ketones (excluding diaryl/α,β-unsaturated/α-hetero) is 1. The molecule has 0 spiro atoms. The number of aryl methyl sites for hydroxylation is 1. The largest absolute Gasteiger partial charge is 0.497 e. The quantitative estimate of drug-likeness (QED) is 0.433. The molecule has 0 bridgehead atoms. The molecule has 0 aromatic heterocycles. The van der Waals surface area contributed by atoms with Gasteiger partial charge in [-0.3, -0.25) is 4.79 Å². The minimum absolute atomic E-state index is 0.214. The van der Waals surface area contributed by atoms with E-state index in [1.54, 1.807) is 44.4 Å². The lowest BCUT2D eigenvalue weighted by atomic mass is 10.0. The number of carbonyl (C=O) groups excluding carboxylic acids is 2. The Balaban J connectivity index is 1.93. The van der Waals surface area contributed by atoms with E-state index in [-0.39, 0.29) is 5.78 Å². The van der Waals surface area contributed by atoms with Crippen LogP contribution in [0.1, 0.15) is 35.3 Å². The van der Waals surface area contributed by atoms with Crippen LogP contribution in [0.15, 0.2) is 54.6 Å². The molecule has 0 N–H and O–H groups in total. The molecule has 0 aliphatic rings. The molecule has 130 valence electrons. The van der Waals surface area contributed by atoms with Gasteiger partial charge in [-0.2, -0.15) is 0 Å². The lowest BCUT2D eigenvalue weighted by Gasteiger charge is -2.11. The summed E-state index contributed by atoms with van der Waals surface area (Å²) in [5.74, 6) is -0.0243. The molecule has 0 aliphatic carbocycles. The van der Waals surface area contributed by atoms with Crippen LogP contribution in [0.3, 0.4) is 0 Å². The van der Waals surface area contributed by atoms with Crippen LogP contribution in [0.25, 0.3) is 6.08 Å². The maximum atomic E-state index is 12.3. The van der Waals surface area contributed by atoms with Gasteiger partial charge in [0, 0.05) is 11.6 Å². The first-order valence-electron chi connectivity index (χ1n) is 8.19. The molecule has 0 heterocycles. The lowest BCUT2D eigenvalue weighted by molar-refractivity contribution is -0.140. The van der Waals surface area contributed by atoms with Crippen molar-refractivity contribution in [1.82, 2.24) is 0 Å². The highest BCUT2D eigenvalue weighted by atomic mass is 16.5. The van der Waals surface area contributed by atoms with Gasteiger partial charge in [0.1, 0.15) is 5.75 Å². The SMILES string of the molecule is CCc1ccc(C(=O)C(C)OC(=O)/C=C/c2ccc(OC)cc2)cc1. The van der Waals surface area contributed by atoms with Gasteiger partial charge in [0.05, 0.1) is 7.11 Å². The lowest BCUT2D eigenvalue weighted by Crippen LogP contribution is -2.23. The number of carbonyl (C=O) groups is 2. The van der Waals surface area contributed by atoms with Crippen LogP contribution in [0.5, 0.6) is 5.75 Å². The van der Waals surface area contributed by atoms with Crippen molar-refractivity contribution < 1.29 is 19.1 Å². The summed E-state index contributed by atoms with van der Waals surface area (Å²) in [6.07, 6.45) is 3.02. The van der Waals surface area contributed by atoms with Gasteiger partial charge in [0.25, 0.3) is 0 Å². The maximum Gasteiger partial charge on any atom is 0.331 e. The molecule has 25 heavy (non-hydrogen) atoms. The molecule has 0 fully saturated rings. The predicted molar refractivity (Wildman–Crippen MR) is 97.7 cm³/mol. The van der Waals surface area contributed by atoms with E-state index >= 15 is 0 Å². The zero-order valence-electron chi connectivity index (χ0n) is 14.7. The standard InChI is InChI=1S/C21H22O4/c1-4-16-5-10-18(11-6-16)21(23)15(2)25-20(22)14-9-17-7-12-19(24-3)13-8-17/h5-15H,4H2,1-3H3/b14-9+. The highest BCUT2D eigenvalue weighted by molar-refractivity contribution is 6.01. The molecule has 2 aromatic rings. The predicted octanol–water partition coefficient (Wildman–Crippen LogP) is 4.09. The molecule has 1 atom stereocenters. The number of ketones is 1. The number of esters is 1. The number of ether oxygens (including phenoxy) is 2. The van der Waals surface area contributed by atoms with Crippen molar-refractivity contribution in [3.05, 3.63) is 71.3 Å². The van der Waals surface area contributed by atoms with Gasteiger partial charge in [-0.25, -0.2) is 4.79 Å². The summed E-state index contributed by atoms with van der Waals surface area (Å²) < 4.78 is 10.3. The summed E-state index contributed by atoms with van der Waals surface area (Å²) in [7, 11) is 1.59. The minimum Gasteiger partial charge on any atom is -0.497 e. The fraction of sp³-hybridized carbons (Fsp3) is 0.238.